The molecule has 7 nitrogen and oxygen atoms in total. The first kappa shape index (κ1) is 15.2. The molecule has 3 heterocycles. The summed E-state index contributed by atoms with van der Waals surface area (Å²) in [5.41, 5.74) is 1.39. The number of piperidine rings is 1. The van der Waals surface area contributed by atoms with Crippen molar-refractivity contribution in [2.75, 3.05) is 26.3 Å². The van der Waals surface area contributed by atoms with Crippen molar-refractivity contribution >= 4 is 5.65 Å². The van der Waals surface area contributed by atoms with Gasteiger partial charge in [-0.2, -0.15) is 0 Å². The Bertz CT molecular complexity index is 658. The predicted molar refractivity (Wildman–Crippen MR) is 81.8 cm³/mol. The quantitative estimate of drug-likeness (QED) is 0.754. The van der Waals surface area contributed by atoms with Crippen molar-refractivity contribution in [1.29, 1.82) is 0 Å². The number of aromatic nitrogens is 3. The van der Waals surface area contributed by atoms with Gasteiger partial charge in [-0.05, 0) is 19.3 Å². The molecule has 3 rings (SSSR count). The lowest BCUT2D eigenvalue weighted by molar-refractivity contribution is 0.000576. The molecule has 0 aromatic carbocycles. The molecule has 0 saturated carbocycles. The van der Waals surface area contributed by atoms with Gasteiger partial charge in [-0.1, -0.05) is 0 Å². The van der Waals surface area contributed by atoms with Crippen LogP contribution in [0.25, 0.3) is 5.65 Å². The molecule has 1 aliphatic heterocycles. The normalized spacial score (nSPS) is 17.3. The Labute approximate surface area is 128 Å². The summed E-state index contributed by atoms with van der Waals surface area (Å²) in [4.78, 5) is 18.7. The van der Waals surface area contributed by atoms with Crippen molar-refractivity contribution in [2.24, 2.45) is 0 Å². The summed E-state index contributed by atoms with van der Waals surface area (Å²) in [5, 5.41) is 11.6. The minimum absolute atomic E-state index is 0.0766. The lowest BCUT2D eigenvalue weighted by atomic mass is 10.1. The van der Waals surface area contributed by atoms with E-state index in [0.29, 0.717) is 25.2 Å². The number of fused-ring (bicyclic) bond motifs is 1. The first-order chi connectivity index (χ1) is 10.8. The zero-order valence-electron chi connectivity index (χ0n) is 12.6. The van der Waals surface area contributed by atoms with E-state index in [1.54, 1.807) is 18.3 Å². The fourth-order valence-electron chi connectivity index (χ4n) is 2.84. The lowest BCUT2D eigenvalue weighted by Gasteiger charge is -2.31. The van der Waals surface area contributed by atoms with Gasteiger partial charge in [-0.15, -0.1) is 0 Å². The molecule has 1 saturated heterocycles. The van der Waals surface area contributed by atoms with E-state index in [4.69, 9.17) is 9.84 Å². The van der Waals surface area contributed by atoms with Gasteiger partial charge in [0.05, 0.1) is 11.8 Å². The van der Waals surface area contributed by atoms with Gasteiger partial charge < -0.3 is 9.84 Å². The molecule has 0 bridgehead atoms. The number of aliphatic hydroxyl groups is 1. The van der Waals surface area contributed by atoms with Gasteiger partial charge in [0.2, 0.25) is 0 Å². The molecule has 2 N–H and O–H groups in total. The highest BCUT2D eigenvalue weighted by Crippen LogP contribution is 2.15. The molecule has 2 aromatic heterocycles. The third-order valence-corrected chi connectivity index (χ3v) is 4.01. The Hall–Kier alpha value is -1.70. The van der Waals surface area contributed by atoms with Crippen LogP contribution in [0.4, 0.5) is 0 Å². The number of nitrogens with zero attached hydrogens (tertiary/aromatic N) is 3. The van der Waals surface area contributed by atoms with E-state index in [9.17, 15) is 4.79 Å². The maximum Gasteiger partial charge on any atom is 0.272 e. The minimum atomic E-state index is -0.0766. The summed E-state index contributed by atoms with van der Waals surface area (Å²) in [5.74, 6) is 0. The van der Waals surface area contributed by atoms with Crippen LogP contribution in [-0.2, 0) is 11.3 Å². The Morgan fingerprint density at radius 3 is 3.00 bits per heavy atom. The minimum Gasteiger partial charge on any atom is -0.396 e. The highest BCUT2D eigenvalue weighted by molar-refractivity contribution is 5.36. The summed E-state index contributed by atoms with van der Waals surface area (Å²) in [7, 11) is 0. The molecular formula is C15H22N4O3. The topological polar surface area (TPSA) is 82.9 Å². The highest BCUT2D eigenvalue weighted by atomic mass is 16.5. The molecule has 0 unspecified atom stereocenters. The van der Waals surface area contributed by atoms with Crippen molar-refractivity contribution < 1.29 is 9.84 Å². The number of hydrogen-bond acceptors (Lipinski definition) is 5. The van der Waals surface area contributed by atoms with E-state index < -0.39 is 0 Å². The van der Waals surface area contributed by atoms with Crippen molar-refractivity contribution in [3.05, 3.63) is 34.4 Å². The monoisotopic (exact) mass is 306 g/mol. The Kier molecular flexibility index (Phi) is 4.87. The van der Waals surface area contributed by atoms with E-state index >= 15 is 0 Å². The van der Waals surface area contributed by atoms with Gasteiger partial charge in [-0.25, -0.2) is 9.50 Å². The molecule has 0 atom stereocenters. The van der Waals surface area contributed by atoms with E-state index in [-0.39, 0.29) is 18.3 Å². The second-order valence-corrected chi connectivity index (χ2v) is 5.67. The summed E-state index contributed by atoms with van der Waals surface area (Å²) >= 11 is 0. The molecule has 0 radical (unpaired) electrons. The van der Waals surface area contributed by atoms with Crippen LogP contribution in [0.1, 0.15) is 25.0 Å². The number of aliphatic hydroxyl groups excluding tert-OH is 1. The molecule has 1 aliphatic rings. The third kappa shape index (κ3) is 3.55. The average Bonchev–Trinajstić information content (AvgIpc) is 2.98. The molecular weight excluding hydrogens is 284 g/mol. The molecule has 1 fully saturated rings. The van der Waals surface area contributed by atoms with E-state index in [1.165, 1.54) is 4.52 Å². The third-order valence-electron chi connectivity index (χ3n) is 4.01. The van der Waals surface area contributed by atoms with E-state index in [1.807, 2.05) is 0 Å². The Morgan fingerprint density at radius 1 is 1.41 bits per heavy atom. The lowest BCUT2D eigenvalue weighted by Crippen LogP contribution is -2.37. The van der Waals surface area contributed by atoms with Crippen LogP contribution in [0.3, 0.4) is 0 Å². The summed E-state index contributed by atoms with van der Waals surface area (Å²) in [6.45, 7) is 3.39. The van der Waals surface area contributed by atoms with Crippen LogP contribution in [-0.4, -0.2) is 57.0 Å². The van der Waals surface area contributed by atoms with Gasteiger partial charge in [0.1, 0.15) is 0 Å². The van der Waals surface area contributed by atoms with E-state index in [2.05, 4.69) is 15.0 Å². The van der Waals surface area contributed by atoms with Gasteiger partial charge in [-0.3, -0.25) is 14.8 Å². The molecule has 7 heteroatoms. The SMILES string of the molecule is O=c1cc(CN2CCC(OCCCO)CC2)nc2cc[nH]n12. The smallest absolute Gasteiger partial charge is 0.272 e. The largest absolute Gasteiger partial charge is 0.396 e. The predicted octanol–water partition coefficient (Wildman–Crippen LogP) is 0.386. The molecule has 0 aliphatic carbocycles. The summed E-state index contributed by atoms with van der Waals surface area (Å²) in [6, 6.07) is 3.39. The zero-order valence-corrected chi connectivity index (χ0v) is 12.6. The van der Waals surface area contributed by atoms with Crippen LogP contribution in [0.5, 0.6) is 0 Å². The number of nitrogens with one attached hydrogen (secondary N) is 1. The zero-order chi connectivity index (χ0) is 15.4. The number of aromatic amines is 1. The summed E-state index contributed by atoms with van der Waals surface area (Å²) in [6.07, 6.45) is 4.66. The molecule has 0 spiro atoms. The fourth-order valence-corrected chi connectivity index (χ4v) is 2.84. The van der Waals surface area contributed by atoms with Crippen LogP contribution in [0, 0.1) is 0 Å². The number of hydrogen-bond donors (Lipinski definition) is 2. The number of likely N-dealkylation sites (tertiary alicyclic amines) is 1. The Morgan fingerprint density at radius 2 is 2.23 bits per heavy atom. The van der Waals surface area contributed by atoms with Crippen molar-refractivity contribution in [3.8, 4) is 0 Å². The maximum atomic E-state index is 11.9. The van der Waals surface area contributed by atoms with Gasteiger partial charge >= 0.3 is 0 Å². The van der Waals surface area contributed by atoms with Gasteiger partial charge in [0, 0.05) is 51.2 Å². The Balaban J connectivity index is 1.54. The molecule has 22 heavy (non-hydrogen) atoms. The van der Waals surface area contributed by atoms with Gasteiger partial charge in [0.25, 0.3) is 5.56 Å². The number of rotatable bonds is 6. The standard InChI is InChI=1S/C15H22N4O3/c20-8-1-9-22-13-3-6-18(7-4-13)11-12-10-15(21)19-14(17-12)2-5-16-19/h2,5,10,13,16,20H,1,3-4,6-9,11H2. The second kappa shape index (κ2) is 7.04. The molecule has 0 amide bonds. The fraction of sp³-hybridized carbons (Fsp3) is 0.600. The van der Waals surface area contributed by atoms with Crippen molar-refractivity contribution in [2.45, 2.75) is 31.9 Å². The van der Waals surface area contributed by atoms with E-state index in [0.717, 1.165) is 31.6 Å². The average molecular weight is 306 g/mol. The first-order valence-corrected chi connectivity index (χ1v) is 7.77. The number of H-pyrrole nitrogens is 1. The van der Waals surface area contributed by atoms with Crippen molar-refractivity contribution in [3.63, 3.8) is 0 Å². The number of ether oxygens (including phenoxy) is 1. The van der Waals surface area contributed by atoms with Crippen LogP contribution < -0.4 is 5.56 Å². The van der Waals surface area contributed by atoms with Crippen molar-refractivity contribution in [1.82, 2.24) is 19.5 Å². The molecule has 2 aromatic rings. The molecule has 120 valence electrons. The van der Waals surface area contributed by atoms with Gasteiger partial charge in [0.15, 0.2) is 5.65 Å². The first-order valence-electron chi connectivity index (χ1n) is 7.77. The second-order valence-electron chi connectivity index (χ2n) is 5.67. The maximum absolute atomic E-state index is 11.9. The highest BCUT2D eigenvalue weighted by Gasteiger charge is 2.20. The summed E-state index contributed by atoms with van der Waals surface area (Å²) < 4.78 is 7.16. The van der Waals surface area contributed by atoms with Crippen LogP contribution in [0.2, 0.25) is 0 Å². The van der Waals surface area contributed by atoms with Crippen LogP contribution in [0.15, 0.2) is 23.1 Å². The van der Waals surface area contributed by atoms with Crippen LogP contribution >= 0.6 is 0 Å².